The first kappa shape index (κ1) is 14.8. The van der Waals surface area contributed by atoms with Gasteiger partial charge < -0.3 is 10.6 Å². The number of piperidine rings is 1. The van der Waals surface area contributed by atoms with Crippen molar-refractivity contribution in [2.45, 2.75) is 70.5 Å². The first-order valence-corrected chi connectivity index (χ1v) is 7.98. The Balaban J connectivity index is 1.80. The molecular weight excluding hydrogens is 238 g/mol. The maximum absolute atomic E-state index is 12.3. The Morgan fingerprint density at radius 1 is 1.21 bits per heavy atom. The molecule has 2 atom stereocenters. The van der Waals surface area contributed by atoms with Crippen molar-refractivity contribution < 1.29 is 4.79 Å². The Morgan fingerprint density at radius 3 is 2.58 bits per heavy atom. The molecule has 2 fully saturated rings. The minimum atomic E-state index is 0.0158. The fourth-order valence-electron chi connectivity index (χ4n) is 3.37. The summed E-state index contributed by atoms with van der Waals surface area (Å²) in [4.78, 5) is 14.6. The highest BCUT2D eigenvalue weighted by atomic mass is 16.2. The van der Waals surface area contributed by atoms with Gasteiger partial charge in [-0.25, -0.2) is 0 Å². The van der Waals surface area contributed by atoms with Gasteiger partial charge in [-0.05, 0) is 45.7 Å². The van der Waals surface area contributed by atoms with Crippen LogP contribution in [0.2, 0.25) is 0 Å². The Hall–Kier alpha value is -0.610. The summed E-state index contributed by atoms with van der Waals surface area (Å²) >= 11 is 0. The summed E-state index contributed by atoms with van der Waals surface area (Å²) in [7, 11) is 0. The molecule has 0 bridgehead atoms. The van der Waals surface area contributed by atoms with Gasteiger partial charge in [-0.15, -0.1) is 0 Å². The summed E-state index contributed by atoms with van der Waals surface area (Å²) in [5.74, 6) is 0.226. The summed E-state index contributed by atoms with van der Waals surface area (Å²) in [6.07, 6.45) is 7.30. The number of amides is 1. The molecule has 2 N–H and O–H groups in total. The van der Waals surface area contributed by atoms with Crippen molar-refractivity contribution in [2.75, 3.05) is 19.6 Å². The van der Waals surface area contributed by atoms with E-state index >= 15 is 0 Å². The van der Waals surface area contributed by atoms with Crippen molar-refractivity contribution in [1.82, 2.24) is 15.5 Å². The van der Waals surface area contributed by atoms with E-state index in [1.54, 1.807) is 0 Å². The van der Waals surface area contributed by atoms with Crippen LogP contribution in [0.4, 0.5) is 0 Å². The zero-order valence-electron chi connectivity index (χ0n) is 12.5. The number of nitrogens with zero attached hydrogens (tertiary/aromatic N) is 1. The van der Waals surface area contributed by atoms with Crippen molar-refractivity contribution in [1.29, 1.82) is 0 Å². The highest BCUT2D eigenvalue weighted by Gasteiger charge is 2.28. The van der Waals surface area contributed by atoms with Crippen molar-refractivity contribution in [3.05, 3.63) is 0 Å². The van der Waals surface area contributed by atoms with E-state index in [2.05, 4.69) is 29.4 Å². The zero-order valence-corrected chi connectivity index (χ0v) is 12.5. The minimum absolute atomic E-state index is 0.0158. The van der Waals surface area contributed by atoms with E-state index in [1.807, 2.05) is 0 Å². The van der Waals surface area contributed by atoms with Gasteiger partial charge in [-0.1, -0.05) is 19.8 Å². The van der Waals surface area contributed by atoms with Crippen molar-refractivity contribution in [3.63, 3.8) is 0 Å². The maximum atomic E-state index is 12.3. The molecule has 0 spiro atoms. The fraction of sp³-hybridized carbons (Fsp3) is 0.933. The van der Waals surface area contributed by atoms with Gasteiger partial charge in [-0.2, -0.15) is 0 Å². The van der Waals surface area contributed by atoms with Gasteiger partial charge in [0.15, 0.2) is 0 Å². The van der Waals surface area contributed by atoms with Gasteiger partial charge >= 0.3 is 0 Å². The third-order valence-corrected chi connectivity index (χ3v) is 4.57. The van der Waals surface area contributed by atoms with E-state index in [0.29, 0.717) is 12.1 Å². The van der Waals surface area contributed by atoms with E-state index in [0.717, 1.165) is 19.6 Å². The zero-order chi connectivity index (χ0) is 13.7. The summed E-state index contributed by atoms with van der Waals surface area (Å²) in [5.41, 5.74) is 0. The number of carbonyl (C=O) groups is 1. The van der Waals surface area contributed by atoms with E-state index < -0.39 is 0 Å². The third kappa shape index (κ3) is 4.18. The van der Waals surface area contributed by atoms with Crippen LogP contribution in [-0.4, -0.2) is 48.6 Å². The number of likely N-dealkylation sites (N-methyl/N-ethyl adjacent to an activating group) is 1. The van der Waals surface area contributed by atoms with Crippen LogP contribution in [0.15, 0.2) is 0 Å². The molecule has 1 saturated heterocycles. The van der Waals surface area contributed by atoms with Crippen LogP contribution in [0.25, 0.3) is 0 Å². The highest BCUT2D eigenvalue weighted by Crippen LogP contribution is 2.18. The van der Waals surface area contributed by atoms with Crippen LogP contribution in [-0.2, 0) is 4.79 Å². The second kappa shape index (κ2) is 7.25. The number of carbonyl (C=O) groups excluding carboxylic acids is 1. The molecule has 1 aliphatic heterocycles. The highest BCUT2D eigenvalue weighted by molar-refractivity contribution is 5.81. The van der Waals surface area contributed by atoms with E-state index in [1.165, 1.54) is 38.5 Å². The average molecular weight is 267 g/mol. The van der Waals surface area contributed by atoms with Crippen LogP contribution in [0.3, 0.4) is 0 Å². The summed E-state index contributed by atoms with van der Waals surface area (Å²) in [6, 6.07) is 1.01. The van der Waals surface area contributed by atoms with Crippen molar-refractivity contribution in [2.24, 2.45) is 0 Å². The largest absolute Gasteiger partial charge is 0.352 e. The van der Waals surface area contributed by atoms with Crippen LogP contribution < -0.4 is 10.6 Å². The van der Waals surface area contributed by atoms with Crippen LogP contribution in [0.5, 0.6) is 0 Å². The van der Waals surface area contributed by atoms with E-state index in [-0.39, 0.29) is 11.9 Å². The van der Waals surface area contributed by atoms with Crippen LogP contribution in [0, 0.1) is 0 Å². The first-order chi connectivity index (χ1) is 9.20. The number of nitrogens with one attached hydrogen (secondary N) is 2. The molecule has 1 aliphatic carbocycles. The Morgan fingerprint density at radius 2 is 1.89 bits per heavy atom. The number of hydrogen-bond donors (Lipinski definition) is 2. The standard InChI is InChI=1S/C15H29N3O/c1-3-16-14-9-6-10-18(11-14)12(2)15(19)17-13-7-4-5-8-13/h12-14,16H,3-11H2,1-2H3,(H,17,19). The first-order valence-electron chi connectivity index (χ1n) is 7.98. The third-order valence-electron chi connectivity index (χ3n) is 4.57. The molecule has 0 aromatic carbocycles. The quantitative estimate of drug-likeness (QED) is 0.793. The second-order valence-corrected chi connectivity index (χ2v) is 6.06. The normalized spacial score (nSPS) is 27.4. The lowest BCUT2D eigenvalue weighted by Crippen LogP contribution is -2.54. The lowest BCUT2D eigenvalue weighted by Gasteiger charge is -2.36. The van der Waals surface area contributed by atoms with Crippen LogP contribution >= 0.6 is 0 Å². The molecule has 19 heavy (non-hydrogen) atoms. The van der Waals surface area contributed by atoms with Gasteiger partial charge in [0.1, 0.15) is 0 Å². The van der Waals surface area contributed by atoms with Gasteiger partial charge in [0.25, 0.3) is 0 Å². The van der Waals surface area contributed by atoms with Crippen LogP contribution in [0.1, 0.15) is 52.4 Å². The molecule has 0 aromatic heterocycles. The molecule has 4 nitrogen and oxygen atoms in total. The molecule has 2 unspecified atom stereocenters. The number of likely N-dealkylation sites (tertiary alicyclic amines) is 1. The van der Waals surface area contributed by atoms with Gasteiger partial charge in [0.05, 0.1) is 6.04 Å². The fourth-order valence-corrected chi connectivity index (χ4v) is 3.37. The predicted octanol–water partition coefficient (Wildman–Crippen LogP) is 1.51. The van der Waals surface area contributed by atoms with Crippen molar-refractivity contribution in [3.8, 4) is 0 Å². The molecule has 1 heterocycles. The maximum Gasteiger partial charge on any atom is 0.237 e. The van der Waals surface area contributed by atoms with Gasteiger partial charge in [0.2, 0.25) is 5.91 Å². The number of hydrogen-bond acceptors (Lipinski definition) is 3. The SMILES string of the molecule is CCNC1CCCN(C(C)C(=O)NC2CCCC2)C1. The lowest BCUT2D eigenvalue weighted by molar-refractivity contribution is -0.127. The molecule has 0 aromatic rings. The minimum Gasteiger partial charge on any atom is -0.352 e. The molecule has 2 aliphatic rings. The molecule has 2 rings (SSSR count). The van der Waals surface area contributed by atoms with Crippen molar-refractivity contribution >= 4 is 5.91 Å². The van der Waals surface area contributed by atoms with Gasteiger partial charge in [-0.3, -0.25) is 9.69 Å². The van der Waals surface area contributed by atoms with Gasteiger partial charge in [0, 0.05) is 18.6 Å². The summed E-state index contributed by atoms with van der Waals surface area (Å²) < 4.78 is 0. The Kier molecular flexibility index (Phi) is 5.64. The Labute approximate surface area is 117 Å². The topological polar surface area (TPSA) is 44.4 Å². The second-order valence-electron chi connectivity index (χ2n) is 6.06. The molecular formula is C15H29N3O. The summed E-state index contributed by atoms with van der Waals surface area (Å²) in [5, 5.41) is 6.73. The molecule has 1 saturated carbocycles. The average Bonchev–Trinajstić information content (AvgIpc) is 2.91. The van der Waals surface area contributed by atoms with E-state index in [4.69, 9.17) is 0 Å². The smallest absolute Gasteiger partial charge is 0.237 e. The lowest BCUT2D eigenvalue weighted by atomic mass is 10.0. The monoisotopic (exact) mass is 267 g/mol. The molecule has 0 radical (unpaired) electrons. The molecule has 1 amide bonds. The predicted molar refractivity (Wildman–Crippen MR) is 78.1 cm³/mol. The van der Waals surface area contributed by atoms with E-state index in [9.17, 15) is 4.79 Å². The molecule has 4 heteroatoms. The number of rotatable bonds is 5. The summed E-state index contributed by atoms with van der Waals surface area (Å²) in [6.45, 7) is 7.28. The molecule has 110 valence electrons. The Bertz CT molecular complexity index is 287.